The zero-order valence-corrected chi connectivity index (χ0v) is 14.6. The van der Waals surface area contributed by atoms with Crippen molar-refractivity contribution in [1.29, 1.82) is 0 Å². The van der Waals surface area contributed by atoms with Gasteiger partial charge in [0.15, 0.2) is 5.82 Å². The Balaban J connectivity index is 1.93. The number of nitrogens with zero attached hydrogens (tertiary/aromatic N) is 2. The van der Waals surface area contributed by atoms with Crippen molar-refractivity contribution in [3.8, 4) is 5.69 Å². The van der Waals surface area contributed by atoms with Crippen molar-refractivity contribution in [2.45, 2.75) is 33.1 Å². The second-order valence-corrected chi connectivity index (χ2v) is 6.13. The van der Waals surface area contributed by atoms with Gasteiger partial charge in [-0.2, -0.15) is 5.10 Å². The predicted molar refractivity (Wildman–Crippen MR) is 95.4 cm³/mol. The number of rotatable bonds is 8. The van der Waals surface area contributed by atoms with Crippen LogP contribution in [0.15, 0.2) is 30.6 Å². The van der Waals surface area contributed by atoms with Gasteiger partial charge in [0.2, 0.25) is 0 Å². The molecule has 7 heteroatoms. The highest BCUT2D eigenvalue weighted by molar-refractivity contribution is 5.89. The monoisotopic (exact) mass is 348 g/mol. The zero-order valence-electron chi connectivity index (χ0n) is 14.6. The highest BCUT2D eigenvalue weighted by atomic mass is 19.1. The molecule has 0 saturated heterocycles. The van der Waals surface area contributed by atoms with Crippen LogP contribution in [0.25, 0.3) is 5.69 Å². The predicted octanol–water partition coefficient (Wildman–Crippen LogP) is 3.24. The molecule has 0 aliphatic carbocycles. The molecule has 3 N–H and O–H groups in total. The summed E-state index contributed by atoms with van der Waals surface area (Å²) in [6, 6.07) is 4.08. The van der Waals surface area contributed by atoms with Gasteiger partial charge in [0.25, 0.3) is 0 Å². The van der Waals surface area contributed by atoms with Gasteiger partial charge in [-0.25, -0.2) is 13.9 Å². The number of halogens is 1. The number of anilines is 1. The molecule has 2 aromatic rings. The van der Waals surface area contributed by atoms with Gasteiger partial charge in [-0.05, 0) is 49.4 Å². The fraction of sp³-hybridized carbons (Fsp3) is 0.444. The third-order valence-corrected chi connectivity index (χ3v) is 3.95. The summed E-state index contributed by atoms with van der Waals surface area (Å²) in [6.07, 6.45) is 5.97. The van der Waals surface area contributed by atoms with Crippen molar-refractivity contribution in [3.05, 3.63) is 42.0 Å². The lowest BCUT2D eigenvalue weighted by Crippen LogP contribution is -2.33. The second kappa shape index (κ2) is 9.17. The van der Waals surface area contributed by atoms with Crippen LogP contribution < -0.4 is 10.6 Å². The highest BCUT2D eigenvalue weighted by Gasteiger charge is 2.11. The first kappa shape index (κ1) is 18.9. The Morgan fingerprint density at radius 2 is 2.20 bits per heavy atom. The van der Waals surface area contributed by atoms with E-state index in [1.165, 1.54) is 10.7 Å². The minimum atomic E-state index is -0.468. The van der Waals surface area contributed by atoms with E-state index in [0.717, 1.165) is 18.4 Å². The van der Waals surface area contributed by atoms with Gasteiger partial charge in [0.05, 0.1) is 6.20 Å². The first-order valence-corrected chi connectivity index (χ1v) is 8.50. The van der Waals surface area contributed by atoms with Crippen molar-refractivity contribution >= 4 is 11.7 Å². The molecule has 1 unspecified atom stereocenters. The average molecular weight is 348 g/mol. The van der Waals surface area contributed by atoms with Crippen LogP contribution in [-0.2, 0) is 0 Å². The quantitative estimate of drug-likeness (QED) is 0.685. The van der Waals surface area contributed by atoms with E-state index >= 15 is 0 Å². The summed E-state index contributed by atoms with van der Waals surface area (Å²) >= 11 is 0. The van der Waals surface area contributed by atoms with Crippen LogP contribution in [0.4, 0.5) is 14.9 Å². The number of aliphatic hydroxyl groups excluding tert-OH is 1. The number of amides is 2. The molecule has 0 aliphatic heterocycles. The fourth-order valence-corrected chi connectivity index (χ4v) is 2.67. The molecule has 0 fully saturated rings. The summed E-state index contributed by atoms with van der Waals surface area (Å²) < 4.78 is 15.7. The lowest BCUT2D eigenvalue weighted by molar-refractivity contribution is 0.236. The first-order valence-electron chi connectivity index (χ1n) is 8.50. The van der Waals surface area contributed by atoms with E-state index in [1.807, 2.05) is 6.92 Å². The molecule has 1 aromatic heterocycles. The van der Waals surface area contributed by atoms with Crippen LogP contribution in [0.5, 0.6) is 0 Å². The largest absolute Gasteiger partial charge is 0.396 e. The summed E-state index contributed by atoms with van der Waals surface area (Å²) in [5, 5.41) is 18.5. The maximum atomic E-state index is 14.3. The minimum Gasteiger partial charge on any atom is -0.396 e. The number of aliphatic hydroxyl groups is 1. The molecule has 1 aromatic carbocycles. The number of aromatic nitrogens is 2. The van der Waals surface area contributed by atoms with E-state index in [4.69, 9.17) is 5.11 Å². The number of carbonyl (C=O) groups is 1. The summed E-state index contributed by atoms with van der Waals surface area (Å²) in [5.41, 5.74) is 1.63. The standard InChI is InChI=1S/C18H25FN4O2/c1-3-4-14(7-8-24)11-20-18(25)22-15-5-6-17(16(19)9-15)23-12-13(2)10-21-23/h5-6,9-10,12,14,24H,3-4,7-8,11H2,1-2H3,(H2,20,22,25). The number of hydrogen-bond donors (Lipinski definition) is 3. The molecule has 2 amide bonds. The maximum absolute atomic E-state index is 14.3. The number of urea groups is 1. The van der Waals surface area contributed by atoms with Gasteiger partial charge in [0, 0.05) is 25.0 Å². The van der Waals surface area contributed by atoms with Gasteiger partial charge in [0.1, 0.15) is 5.69 Å². The number of carbonyl (C=O) groups excluding carboxylic acids is 1. The normalized spacial score (nSPS) is 12.0. The third kappa shape index (κ3) is 5.56. The summed E-state index contributed by atoms with van der Waals surface area (Å²) in [7, 11) is 0. The molecule has 1 heterocycles. The van der Waals surface area contributed by atoms with E-state index in [0.29, 0.717) is 24.3 Å². The van der Waals surface area contributed by atoms with E-state index in [9.17, 15) is 9.18 Å². The van der Waals surface area contributed by atoms with E-state index < -0.39 is 5.82 Å². The van der Waals surface area contributed by atoms with Crippen LogP contribution in [0.2, 0.25) is 0 Å². The molecule has 25 heavy (non-hydrogen) atoms. The Morgan fingerprint density at radius 3 is 2.80 bits per heavy atom. The molecule has 0 aliphatic rings. The third-order valence-electron chi connectivity index (χ3n) is 3.95. The molecular weight excluding hydrogens is 323 g/mol. The molecule has 2 rings (SSSR count). The van der Waals surface area contributed by atoms with Crippen LogP contribution in [-0.4, -0.2) is 34.1 Å². The fourth-order valence-electron chi connectivity index (χ4n) is 2.67. The SMILES string of the molecule is CCCC(CCO)CNC(=O)Nc1ccc(-n2cc(C)cn2)c(F)c1. The smallest absolute Gasteiger partial charge is 0.319 e. The maximum Gasteiger partial charge on any atom is 0.319 e. The Morgan fingerprint density at radius 1 is 1.40 bits per heavy atom. The Labute approximate surface area is 147 Å². The number of benzene rings is 1. The number of aryl methyl sites for hydroxylation is 1. The van der Waals surface area contributed by atoms with Crippen molar-refractivity contribution in [1.82, 2.24) is 15.1 Å². The highest BCUT2D eigenvalue weighted by Crippen LogP contribution is 2.18. The van der Waals surface area contributed by atoms with Gasteiger partial charge < -0.3 is 15.7 Å². The summed E-state index contributed by atoms with van der Waals surface area (Å²) in [6.45, 7) is 4.53. The molecule has 0 spiro atoms. The van der Waals surface area contributed by atoms with Gasteiger partial charge >= 0.3 is 6.03 Å². The van der Waals surface area contributed by atoms with E-state index in [2.05, 4.69) is 22.7 Å². The molecule has 0 radical (unpaired) electrons. The molecule has 0 bridgehead atoms. The van der Waals surface area contributed by atoms with E-state index in [1.54, 1.807) is 24.5 Å². The summed E-state index contributed by atoms with van der Waals surface area (Å²) in [4.78, 5) is 12.0. The molecule has 0 saturated carbocycles. The first-order chi connectivity index (χ1) is 12.0. The Kier molecular flexibility index (Phi) is 6.94. The van der Waals surface area contributed by atoms with Crippen LogP contribution in [0, 0.1) is 18.7 Å². The zero-order chi connectivity index (χ0) is 18.2. The average Bonchev–Trinajstić information content (AvgIpc) is 2.99. The Hall–Kier alpha value is -2.41. The molecule has 6 nitrogen and oxygen atoms in total. The molecule has 136 valence electrons. The summed E-state index contributed by atoms with van der Waals surface area (Å²) in [5.74, 6) is -0.229. The van der Waals surface area contributed by atoms with Crippen molar-refractivity contribution in [2.24, 2.45) is 5.92 Å². The molecule has 1 atom stereocenters. The lowest BCUT2D eigenvalue weighted by Gasteiger charge is -2.16. The number of hydrogen-bond acceptors (Lipinski definition) is 3. The van der Waals surface area contributed by atoms with Crippen molar-refractivity contribution < 1.29 is 14.3 Å². The van der Waals surface area contributed by atoms with Crippen molar-refractivity contribution in [3.63, 3.8) is 0 Å². The Bertz CT molecular complexity index is 696. The van der Waals surface area contributed by atoms with Crippen LogP contribution >= 0.6 is 0 Å². The topological polar surface area (TPSA) is 79.2 Å². The van der Waals surface area contributed by atoms with Crippen LogP contribution in [0.1, 0.15) is 31.7 Å². The molecular formula is C18H25FN4O2. The lowest BCUT2D eigenvalue weighted by atomic mass is 10.0. The van der Waals surface area contributed by atoms with Gasteiger partial charge in [-0.15, -0.1) is 0 Å². The minimum absolute atomic E-state index is 0.105. The van der Waals surface area contributed by atoms with E-state index in [-0.39, 0.29) is 18.6 Å². The van der Waals surface area contributed by atoms with Gasteiger partial charge in [-0.1, -0.05) is 13.3 Å². The van der Waals surface area contributed by atoms with Crippen molar-refractivity contribution in [2.75, 3.05) is 18.5 Å². The van der Waals surface area contributed by atoms with Gasteiger partial charge in [-0.3, -0.25) is 0 Å². The second-order valence-electron chi connectivity index (χ2n) is 6.13. The van der Waals surface area contributed by atoms with Crippen LogP contribution in [0.3, 0.4) is 0 Å². The number of nitrogens with one attached hydrogen (secondary N) is 2.